The molecule has 9 rings (SSSR count). The molecule has 3 atom stereocenters. The number of amides is 1. The first-order valence-corrected chi connectivity index (χ1v) is 15.4. The molecule has 2 aliphatic carbocycles. The van der Waals surface area contributed by atoms with Gasteiger partial charge in [0.2, 0.25) is 0 Å². The average Bonchev–Trinajstić information content (AvgIpc) is 3.34. The molecule has 0 spiro atoms. The van der Waals surface area contributed by atoms with Crippen LogP contribution in [0.5, 0.6) is 5.75 Å². The second-order valence-electron chi connectivity index (χ2n) is 12.7. The maximum absolute atomic E-state index is 13.7. The van der Waals surface area contributed by atoms with E-state index in [0.717, 1.165) is 76.4 Å². The largest absolute Gasteiger partial charge is 0.494 e. The van der Waals surface area contributed by atoms with E-state index in [9.17, 15) is 4.79 Å². The molecule has 222 valence electrons. The Morgan fingerprint density at radius 1 is 1.07 bits per heavy atom. The zero-order valence-electron chi connectivity index (χ0n) is 24.7. The molecule has 6 aromatic rings. The summed E-state index contributed by atoms with van der Waals surface area (Å²) < 4.78 is 12.1. The molecule has 1 amide bonds. The van der Waals surface area contributed by atoms with E-state index in [1.54, 1.807) is 13.4 Å². The lowest BCUT2D eigenvalue weighted by molar-refractivity contribution is 0.0700. The van der Waals surface area contributed by atoms with Crippen molar-refractivity contribution in [1.29, 1.82) is 0 Å². The summed E-state index contributed by atoms with van der Waals surface area (Å²) in [4.78, 5) is 26.0. The topological polar surface area (TPSA) is 121 Å². The maximum atomic E-state index is 13.7. The molecule has 3 aliphatic rings. The Morgan fingerprint density at radius 3 is 2.73 bits per heavy atom. The summed E-state index contributed by atoms with van der Waals surface area (Å²) in [5, 5.41) is 9.27. The summed E-state index contributed by atoms with van der Waals surface area (Å²) in [7, 11) is 3.66. The summed E-state index contributed by atoms with van der Waals surface area (Å²) >= 11 is 0. The van der Waals surface area contributed by atoms with Gasteiger partial charge in [-0.2, -0.15) is 0 Å². The molecule has 11 nitrogen and oxygen atoms in total. The van der Waals surface area contributed by atoms with Crippen molar-refractivity contribution in [3.63, 3.8) is 0 Å². The van der Waals surface area contributed by atoms with Crippen molar-refractivity contribution in [1.82, 2.24) is 38.6 Å². The Labute approximate surface area is 253 Å². The number of hydrogen-bond donors (Lipinski definition) is 1. The molecule has 44 heavy (non-hydrogen) atoms. The van der Waals surface area contributed by atoms with E-state index in [1.165, 1.54) is 12.8 Å². The highest BCUT2D eigenvalue weighted by Gasteiger charge is 2.47. The first kappa shape index (κ1) is 25.7. The first-order chi connectivity index (χ1) is 21.5. The van der Waals surface area contributed by atoms with Crippen LogP contribution < -0.4 is 10.5 Å². The molecule has 5 aromatic heterocycles. The number of aromatic nitrogens is 7. The first-order valence-electron chi connectivity index (χ1n) is 15.4. The highest BCUT2D eigenvalue weighted by Crippen LogP contribution is 2.40. The number of pyridine rings is 2. The molecule has 3 fully saturated rings. The second-order valence-corrected chi connectivity index (χ2v) is 12.7. The van der Waals surface area contributed by atoms with Gasteiger partial charge in [-0.15, -0.1) is 10.2 Å². The van der Waals surface area contributed by atoms with Gasteiger partial charge < -0.3 is 24.5 Å². The molecule has 2 bridgehead atoms. The number of rotatable bonds is 6. The minimum Gasteiger partial charge on any atom is -0.494 e. The van der Waals surface area contributed by atoms with E-state index in [4.69, 9.17) is 20.4 Å². The number of carbonyl (C=O) groups excluding carboxylic acids is 1. The number of piperidine rings is 1. The maximum Gasteiger partial charge on any atom is 0.254 e. The van der Waals surface area contributed by atoms with Gasteiger partial charge in [-0.05, 0) is 80.0 Å². The summed E-state index contributed by atoms with van der Waals surface area (Å²) in [6, 6.07) is 14.4. The van der Waals surface area contributed by atoms with Crippen molar-refractivity contribution in [2.45, 2.75) is 44.3 Å². The number of ether oxygens (including phenoxy) is 1. The summed E-state index contributed by atoms with van der Waals surface area (Å²) in [6.07, 6.45) is 8.15. The van der Waals surface area contributed by atoms with Gasteiger partial charge in [-0.3, -0.25) is 9.20 Å². The van der Waals surface area contributed by atoms with Crippen LogP contribution >= 0.6 is 0 Å². The zero-order chi connectivity index (χ0) is 29.7. The highest BCUT2D eigenvalue weighted by atomic mass is 16.5. The van der Waals surface area contributed by atoms with E-state index in [1.807, 2.05) is 46.8 Å². The number of benzene rings is 1. The average molecular weight is 588 g/mol. The van der Waals surface area contributed by atoms with Gasteiger partial charge in [0.15, 0.2) is 11.5 Å². The Bertz CT molecular complexity index is 2120. The number of nitrogens with zero attached hydrogens (tertiary/aromatic N) is 8. The SMILES string of the molecule is COc1cc(C(=O)N2CC3CCC2[C@@H]3N)cc2nc(-c3cc4ccc(-c5ccn6cnnc6c5)nc4n3CC3CC3)n(C)c12. The fourth-order valence-corrected chi connectivity index (χ4v) is 7.46. The number of methoxy groups -OCH3 is 1. The van der Waals surface area contributed by atoms with Crippen molar-refractivity contribution >= 4 is 33.6 Å². The third-order valence-electron chi connectivity index (χ3n) is 10.0. The summed E-state index contributed by atoms with van der Waals surface area (Å²) in [6.45, 7) is 1.60. The van der Waals surface area contributed by atoms with Crippen LogP contribution in [0.2, 0.25) is 0 Å². The minimum absolute atomic E-state index is 0.00365. The van der Waals surface area contributed by atoms with Crippen molar-refractivity contribution in [2.24, 2.45) is 24.6 Å². The Morgan fingerprint density at radius 2 is 1.95 bits per heavy atom. The number of carbonyl (C=O) groups is 1. The lowest BCUT2D eigenvalue weighted by atomic mass is 10.1. The van der Waals surface area contributed by atoms with Gasteiger partial charge in [0.1, 0.15) is 23.2 Å². The molecule has 1 aromatic carbocycles. The number of aryl methyl sites for hydroxylation is 1. The van der Waals surface area contributed by atoms with Crippen LogP contribution in [0.25, 0.3) is 50.5 Å². The third kappa shape index (κ3) is 3.81. The molecule has 1 aliphatic heterocycles. The van der Waals surface area contributed by atoms with Crippen LogP contribution in [0.1, 0.15) is 36.0 Å². The molecular formula is C33H33N9O2. The molecule has 2 N–H and O–H groups in total. The zero-order valence-corrected chi connectivity index (χ0v) is 24.7. The molecule has 2 saturated carbocycles. The predicted octanol–water partition coefficient (Wildman–Crippen LogP) is 4.28. The molecular weight excluding hydrogens is 554 g/mol. The number of likely N-dealkylation sites (tertiary alicyclic amines) is 1. The van der Waals surface area contributed by atoms with Crippen LogP contribution in [0.3, 0.4) is 0 Å². The van der Waals surface area contributed by atoms with E-state index in [2.05, 4.69) is 37.5 Å². The number of imidazole rings is 1. The van der Waals surface area contributed by atoms with E-state index >= 15 is 0 Å². The van der Waals surface area contributed by atoms with Crippen molar-refractivity contribution in [3.05, 3.63) is 60.6 Å². The van der Waals surface area contributed by atoms with Crippen LogP contribution in [-0.4, -0.2) is 70.2 Å². The van der Waals surface area contributed by atoms with Crippen molar-refractivity contribution in [2.75, 3.05) is 13.7 Å². The van der Waals surface area contributed by atoms with Crippen molar-refractivity contribution < 1.29 is 9.53 Å². The highest BCUT2D eigenvalue weighted by molar-refractivity contribution is 6.00. The number of fused-ring (bicyclic) bond motifs is 5. The van der Waals surface area contributed by atoms with Crippen LogP contribution in [-0.2, 0) is 13.6 Å². The third-order valence-corrected chi connectivity index (χ3v) is 10.0. The summed E-state index contributed by atoms with van der Waals surface area (Å²) in [5.41, 5.74) is 13.2. The van der Waals surface area contributed by atoms with Crippen LogP contribution in [0.4, 0.5) is 0 Å². The normalized spacial score (nSPS) is 21.3. The predicted molar refractivity (Wildman–Crippen MR) is 166 cm³/mol. The number of hydrogen-bond acceptors (Lipinski definition) is 7. The Balaban J connectivity index is 1.16. The summed E-state index contributed by atoms with van der Waals surface area (Å²) in [5.74, 6) is 2.47. The van der Waals surface area contributed by atoms with E-state index < -0.39 is 0 Å². The smallest absolute Gasteiger partial charge is 0.254 e. The van der Waals surface area contributed by atoms with Crippen molar-refractivity contribution in [3.8, 4) is 28.5 Å². The Kier molecular flexibility index (Phi) is 5.47. The standard InChI is InChI=1S/C33H33N9O2/c1-39-30-24(11-22(13-27(30)44-2)33(43)42-16-21-6-8-25(42)29(21)34)37-32(39)26-12-20-5-7-23(36-31(20)41(26)15-18-3-4-18)19-9-10-40-17-35-38-28(40)14-19/h5,7,9-14,17-18,21,25,29H,3-4,6,8,15-16,34H2,1-2H3/t21?,25?,29-/m1/s1. The molecule has 6 heterocycles. The Hall–Kier alpha value is -4.77. The van der Waals surface area contributed by atoms with Gasteiger partial charge >= 0.3 is 0 Å². The van der Waals surface area contributed by atoms with Gasteiger partial charge in [-0.1, -0.05) is 0 Å². The van der Waals surface area contributed by atoms with Gasteiger partial charge in [0.05, 0.1) is 24.0 Å². The van der Waals surface area contributed by atoms with Gasteiger partial charge in [0.25, 0.3) is 5.91 Å². The van der Waals surface area contributed by atoms with E-state index in [-0.39, 0.29) is 18.0 Å². The lowest BCUT2D eigenvalue weighted by Gasteiger charge is -2.27. The number of nitrogens with two attached hydrogens (primary N) is 1. The van der Waals surface area contributed by atoms with Gasteiger partial charge in [0, 0.05) is 54.9 Å². The second kappa shape index (κ2) is 9.36. The quantitative estimate of drug-likeness (QED) is 0.309. The van der Waals surface area contributed by atoms with E-state index in [0.29, 0.717) is 23.1 Å². The molecule has 1 saturated heterocycles. The molecule has 11 heteroatoms. The van der Waals surface area contributed by atoms with Crippen LogP contribution in [0, 0.1) is 11.8 Å². The molecule has 2 unspecified atom stereocenters. The fraction of sp³-hybridized carbons (Fsp3) is 0.364. The monoisotopic (exact) mass is 587 g/mol. The van der Waals surface area contributed by atoms with Crippen LogP contribution in [0.15, 0.2) is 55.0 Å². The van der Waals surface area contributed by atoms with Gasteiger partial charge in [-0.25, -0.2) is 9.97 Å². The lowest BCUT2D eigenvalue weighted by Crippen LogP contribution is -2.41. The fourth-order valence-electron chi connectivity index (χ4n) is 7.46. The molecule has 0 radical (unpaired) electrons. The minimum atomic E-state index is 0.00365.